The molecule has 3 heteroatoms. The van der Waals surface area contributed by atoms with Gasteiger partial charge in [-0.2, -0.15) is 0 Å². The number of nitrogens with one attached hydrogen (secondary N) is 1. The number of benzene rings is 1. The fourth-order valence-corrected chi connectivity index (χ4v) is 2.92. The van der Waals surface area contributed by atoms with Gasteiger partial charge in [0.25, 0.3) is 0 Å². The van der Waals surface area contributed by atoms with E-state index in [0.29, 0.717) is 11.3 Å². The van der Waals surface area contributed by atoms with E-state index in [9.17, 15) is 0 Å². The fourth-order valence-electron chi connectivity index (χ4n) is 2.92. The molecule has 0 bridgehead atoms. The second kappa shape index (κ2) is 3.89. The zero-order valence-electron chi connectivity index (χ0n) is 10.6. The Bertz CT molecular complexity index is 462. The lowest BCUT2D eigenvalue weighted by Gasteiger charge is -2.12. The molecule has 1 unspecified atom stereocenters. The zero-order valence-corrected chi connectivity index (χ0v) is 10.6. The first-order valence-electron chi connectivity index (χ1n) is 6.95. The quantitative estimate of drug-likeness (QED) is 0.823. The molecule has 3 nitrogen and oxygen atoms in total. The van der Waals surface area contributed by atoms with Gasteiger partial charge in [-0.05, 0) is 49.4 Å². The summed E-state index contributed by atoms with van der Waals surface area (Å²) in [5, 5.41) is 3.41. The third-order valence-electron chi connectivity index (χ3n) is 4.52. The molecule has 18 heavy (non-hydrogen) atoms. The molecule has 1 spiro atoms. The number of hydrogen-bond acceptors (Lipinski definition) is 3. The first-order chi connectivity index (χ1) is 8.85. The average molecular weight is 245 g/mol. The molecule has 2 fully saturated rings. The van der Waals surface area contributed by atoms with Crippen LogP contribution in [0.1, 0.15) is 30.7 Å². The first kappa shape index (κ1) is 10.7. The molecule has 1 saturated carbocycles. The highest BCUT2D eigenvalue weighted by molar-refractivity contribution is 5.45. The standard InChI is InChI=1S/C15H19NO2/c1-2-13-14(7-11(1)12-3-6-16-8-12)18-10-15(4-5-15)9-17-13/h1-2,7,12,16H,3-6,8-10H2. The average Bonchev–Trinajstić information content (AvgIpc) is 3.02. The Labute approximate surface area is 107 Å². The van der Waals surface area contributed by atoms with Crippen LogP contribution in [0.4, 0.5) is 0 Å². The van der Waals surface area contributed by atoms with Gasteiger partial charge in [0, 0.05) is 12.0 Å². The van der Waals surface area contributed by atoms with Crippen molar-refractivity contribution in [2.75, 3.05) is 26.3 Å². The van der Waals surface area contributed by atoms with Gasteiger partial charge in [-0.1, -0.05) is 6.07 Å². The Morgan fingerprint density at radius 1 is 1.11 bits per heavy atom. The van der Waals surface area contributed by atoms with Gasteiger partial charge in [-0.25, -0.2) is 0 Å². The van der Waals surface area contributed by atoms with Crippen molar-refractivity contribution in [3.63, 3.8) is 0 Å². The smallest absolute Gasteiger partial charge is 0.161 e. The number of hydrogen-bond donors (Lipinski definition) is 1. The van der Waals surface area contributed by atoms with Crippen LogP contribution in [0.5, 0.6) is 11.5 Å². The summed E-state index contributed by atoms with van der Waals surface area (Å²) < 4.78 is 11.9. The van der Waals surface area contributed by atoms with Crippen molar-refractivity contribution in [1.29, 1.82) is 0 Å². The molecule has 0 amide bonds. The molecule has 1 aliphatic carbocycles. The monoisotopic (exact) mass is 245 g/mol. The largest absolute Gasteiger partial charge is 0.489 e. The molecular formula is C15H19NO2. The van der Waals surface area contributed by atoms with Gasteiger partial charge in [0.15, 0.2) is 11.5 Å². The van der Waals surface area contributed by atoms with Crippen LogP contribution in [0, 0.1) is 5.41 Å². The van der Waals surface area contributed by atoms with Crippen LogP contribution in [-0.2, 0) is 0 Å². The predicted octanol–water partition coefficient (Wildman–Crippen LogP) is 2.31. The van der Waals surface area contributed by atoms with E-state index in [0.717, 1.165) is 37.8 Å². The van der Waals surface area contributed by atoms with Gasteiger partial charge in [0.2, 0.25) is 0 Å². The van der Waals surface area contributed by atoms with Crippen LogP contribution in [0.15, 0.2) is 18.2 Å². The minimum absolute atomic E-state index is 0.327. The van der Waals surface area contributed by atoms with E-state index in [-0.39, 0.29) is 0 Å². The maximum atomic E-state index is 5.98. The van der Waals surface area contributed by atoms with Crippen molar-refractivity contribution in [2.24, 2.45) is 5.41 Å². The van der Waals surface area contributed by atoms with Gasteiger partial charge in [0.05, 0.1) is 13.2 Å². The molecule has 2 aliphatic heterocycles. The summed E-state index contributed by atoms with van der Waals surface area (Å²) in [6.07, 6.45) is 3.73. The Kier molecular flexibility index (Phi) is 2.31. The van der Waals surface area contributed by atoms with Crippen molar-refractivity contribution in [2.45, 2.75) is 25.2 Å². The van der Waals surface area contributed by atoms with E-state index in [2.05, 4.69) is 23.5 Å². The van der Waals surface area contributed by atoms with Crippen molar-refractivity contribution in [3.05, 3.63) is 23.8 Å². The molecule has 4 rings (SSSR count). The normalized spacial score (nSPS) is 28.1. The fraction of sp³-hybridized carbons (Fsp3) is 0.600. The minimum atomic E-state index is 0.327. The van der Waals surface area contributed by atoms with Crippen molar-refractivity contribution in [1.82, 2.24) is 5.32 Å². The Morgan fingerprint density at radius 2 is 1.94 bits per heavy atom. The molecular weight excluding hydrogens is 226 g/mol. The second-order valence-corrected chi connectivity index (χ2v) is 5.97. The summed E-state index contributed by atoms with van der Waals surface area (Å²) >= 11 is 0. The molecule has 1 aromatic carbocycles. The molecule has 0 radical (unpaired) electrons. The highest BCUT2D eigenvalue weighted by Gasteiger charge is 2.46. The van der Waals surface area contributed by atoms with Gasteiger partial charge in [0.1, 0.15) is 0 Å². The summed E-state index contributed by atoms with van der Waals surface area (Å²) in [6, 6.07) is 6.48. The van der Waals surface area contributed by atoms with E-state index in [1.807, 2.05) is 0 Å². The third kappa shape index (κ3) is 1.77. The van der Waals surface area contributed by atoms with Crippen molar-refractivity contribution >= 4 is 0 Å². The van der Waals surface area contributed by atoms with E-state index >= 15 is 0 Å². The SMILES string of the molecule is c1cc2c(cc1C1CCNC1)OCC1(CC1)CO2. The lowest BCUT2D eigenvalue weighted by Crippen LogP contribution is -2.17. The van der Waals surface area contributed by atoms with E-state index in [4.69, 9.17) is 9.47 Å². The van der Waals surface area contributed by atoms with Gasteiger partial charge in [-0.3, -0.25) is 0 Å². The summed E-state index contributed by atoms with van der Waals surface area (Å²) in [4.78, 5) is 0. The maximum Gasteiger partial charge on any atom is 0.161 e. The molecule has 96 valence electrons. The molecule has 1 atom stereocenters. The lowest BCUT2D eigenvalue weighted by atomic mass is 9.98. The van der Waals surface area contributed by atoms with E-state index < -0.39 is 0 Å². The Hall–Kier alpha value is -1.22. The van der Waals surface area contributed by atoms with Gasteiger partial charge >= 0.3 is 0 Å². The van der Waals surface area contributed by atoms with E-state index in [1.165, 1.54) is 24.8 Å². The molecule has 1 saturated heterocycles. The minimum Gasteiger partial charge on any atom is -0.489 e. The third-order valence-corrected chi connectivity index (χ3v) is 4.52. The van der Waals surface area contributed by atoms with Crippen LogP contribution in [0.3, 0.4) is 0 Å². The number of ether oxygens (including phenoxy) is 2. The highest BCUT2D eigenvalue weighted by atomic mass is 16.5. The summed E-state index contributed by atoms with van der Waals surface area (Å²) in [7, 11) is 0. The molecule has 2 heterocycles. The predicted molar refractivity (Wildman–Crippen MR) is 69.3 cm³/mol. The molecule has 3 aliphatic rings. The highest BCUT2D eigenvalue weighted by Crippen LogP contribution is 2.49. The summed E-state index contributed by atoms with van der Waals surface area (Å²) in [5.74, 6) is 2.51. The number of rotatable bonds is 1. The van der Waals surface area contributed by atoms with Crippen LogP contribution in [0.25, 0.3) is 0 Å². The van der Waals surface area contributed by atoms with Crippen molar-refractivity contribution in [3.8, 4) is 11.5 Å². The van der Waals surface area contributed by atoms with Gasteiger partial charge in [-0.15, -0.1) is 0 Å². The molecule has 1 N–H and O–H groups in total. The number of fused-ring (bicyclic) bond motifs is 1. The van der Waals surface area contributed by atoms with Crippen LogP contribution < -0.4 is 14.8 Å². The van der Waals surface area contributed by atoms with Gasteiger partial charge < -0.3 is 14.8 Å². The van der Waals surface area contributed by atoms with E-state index in [1.54, 1.807) is 0 Å². The Balaban J connectivity index is 1.61. The van der Waals surface area contributed by atoms with Crippen LogP contribution in [-0.4, -0.2) is 26.3 Å². The first-order valence-corrected chi connectivity index (χ1v) is 6.95. The topological polar surface area (TPSA) is 30.5 Å². The van der Waals surface area contributed by atoms with Crippen molar-refractivity contribution < 1.29 is 9.47 Å². The molecule has 0 aromatic heterocycles. The zero-order chi connectivity index (χ0) is 12.0. The summed E-state index contributed by atoms with van der Waals surface area (Å²) in [5.41, 5.74) is 1.71. The summed E-state index contributed by atoms with van der Waals surface area (Å²) in [6.45, 7) is 3.86. The Morgan fingerprint density at radius 3 is 2.67 bits per heavy atom. The second-order valence-electron chi connectivity index (χ2n) is 5.97. The lowest BCUT2D eigenvalue weighted by molar-refractivity contribution is 0.197. The maximum absolute atomic E-state index is 5.98. The molecule has 1 aromatic rings. The van der Waals surface area contributed by atoms with Crippen LogP contribution in [0.2, 0.25) is 0 Å². The van der Waals surface area contributed by atoms with Crippen LogP contribution >= 0.6 is 0 Å².